The van der Waals surface area contributed by atoms with E-state index in [-0.39, 0.29) is 0 Å². The van der Waals surface area contributed by atoms with Crippen molar-refractivity contribution in [2.45, 2.75) is 39.2 Å². The number of hydrogen-bond acceptors (Lipinski definition) is 5. The molecule has 0 saturated carbocycles. The summed E-state index contributed by atoms with van der Waals surface area (Å²) >= 11 is 0. The Kier molecular flexibility index (Phi) is 9.20. The topological polar surface area (TPSA) is 67.4 Å². The molecule has 1 aromatic rings. The molecule has 0 spiro atoms. The molecule has 1 aromatic carbocycles. The van der Waals surface area contributed by atoms with Crippen LogP contribution in [-0.2, 0) is 6.42 Å². The third-order valence-corrected chi connectivity index (χ3v) is 5.18. The first kappa shape index (κ1) is 22.1. The van der Waals surface area contributed by atoms with Gasteiger partial charge in [0.2, 0.25) is 5.75 Å². The number of nitrogens with zero attached hydrogens (tertiary/aromatic N) is 2. The first-order valence-electron chi connectivity index (χ1n) is 10.2. The van der Waals surface area contributed by atoms with E-state index in [0.717, 1.165) is 49.9 Å². The minimum Gasteiger partial charge on any atom is -0.493 e. The van der Waals surface area contributed by atoms with Gasteiger partial charge in [-0.1, -0.05) is 13.0 Å². The van der Waals surface area contributed by atoms with Gasteiger partial charge in [-0.2, -0.15) is 0 Å². The van der Waals surface area contributed by atoms with E-state index in [9.17, 15) is 0 Å². The minimum absolute atomic E-state index is 0.561. The predicted octanol–water partition coefficient (Wildman–Crippen LogP) is 2.29. The van der Waals surface area contributed by atoms with E-state index < -0.39 is 0 Å². The molecule has 1 saturated heterocycles. The second-order valence-corrected chi connectivity index (χ2v) is 6.81. The van der Waals surface area contributed by atoms with Crippen molar-refractivity contribution in [3.63, 3.8) is 0 Å². The quantitative estimate of drug-likeness (QED) is 0.470. The van der Waals surface area contributed by atoms with Gasteiger partial charge in [0.15, 0.2) is 17.5 Å². The number of guanidine groups is 1. The number of rotatable bonds is 10. The van der Waals surface area contributed by atoms with Gasteiger partial charge in [-0.3, -0.25) is 9.89 Å². The maximum absolute atomic E-state index is 5.57. The van der Waals surface area contributed by atoms with Gasteiger partial charge in [0, 0.05) is 24.7 Å². The van der Waals surface area contributed by atoms with Crippen LogP contribution in [0.5, 0.6) is 17.2 Å². The van der Waals surface area contributed by atoms with Gasteiger partial charge in [-0.15, -0.1) is 0 Å². The lowest BCUT2D eigenvalue weighted by Gasteiger charge is -2.21. The van der Waals surface area contributed by atoms with Gasteiger partial charge in [-0.05, 0) is 45.3 Å². The fourth-order valence-electron chi connectivity index (χ4n) is 3.73. The molecule has 2 rings (SSSR count). The summed E-state index contributed by atoms with van der Waals surface area (Å²) in [5.41, 5.74) is 1.07. The van der Waals surface area contributed by atoms with Gasteiger partial charge in [0.05, 0.1) is 27.9 Å². The van der Waals surface area contributed by atoms with E-state index in [4.69, 9.17) is 19.2 Å². The second-order valence-electron chi connectivity index (χ2n) is 6.81. The summed E-state index contributed by atoms with van der Waals surface area (Å²) in [6.45, 7) is 9.03. The highest BCUT2D eigenvalue weighted by Crippen LogP contribution is 2.39. The van der Waals surface area contributed by atoms with Gasteiger partial charge in [0.25, 0.3) is 0 Å². The Morgan fingerprint density at radius 1 is 1.11 bits per heavy atom. The number of aliphatic imine (C=N–C) groups is 1. The molecule has 0 aliphatic carbocycles. The van der Waals surface area contributed by atoms with Crippen LogP contribution in [0.2, 0.25) is 0 Å². The zero-order valence-corrected chi connectivity index (χ0v) is 18.0. The average Bonchev–Trinajstić information content (AvgIpc) is 3.18. The number of hydrogen-bond donors (Lipinski definition) is 2. The van der Waals surface area contributed by atoms with Crippen LogP contribution in [0.4, 0.5) is 0 Å². The Bertz CT molecular complexity index is 636. The highest BCUT2D eigenvalue weighted by Gasteiger charge is 2.22. The van der Waals surface area contributed by atoms with Crippen molar-refractivity contribution in [2.75, 3.05) is 54.1 Å². The molecule has 1 aliphatic heterocycles. The molecule has 7 nitrogen and oxygen atoms in total. The third-order valence-electron chi connectivity index (χ3n) is 5.18. The van der Waals surface area contributed by atoms with E-state index in [2.05, 4.69) is 29.4 Å². The molecule has 0 amide bonds. The van der Waals surface area contributed by atoms with Crippen LogP contribution in [0.25, 0.3) is 0 Å². The Labute approximate surface area is 169 Å². The lowest BCUT2D eigenvalue weighted by Crippen LogP contribution is -2.40. The van der Waals surface area contributed by atoms with Crippen LogP contribution < -0.4 is 24.8 Å². The highest BCUT2D eigenvalue weighted by atomic mass is 16.5. The van der Waals surface area contributed by atoms with Gasteiger partial charge >= 0.3 is 0 Å². The molecule has 2 N–H and O–H groups in total. The van der Waals surface area contributed by atoms with Crippen LogP contribution in [-0.4, -0.2) is 71.0 Å². The van der Waals surface area contributed by atoms with Gasteiger partial charge in [-0.25, -0.2) is 0 Å². The predicted molar refractivity (Wildman–Crippen MR) is 114 cm³/mol. The first-order chi connectivity index (χ1) is 13.7. The van der Waals surface area contributed by atoms with Crippen molar-refractivity contribution < 1.29 is 14.2 Å². The average molecular weight is 393 g/mol. The smallest absolute Gasteiger partial charge is 0.203 e. The highest BCUT2D eigenvalue weighted by molar-refractivity contribution is 5.79. The molecule has 1 atom stereocenters. The fourth-order valence-corrected chi connectivity index (χ4v) is 3.73. The summed E-state index contributed by atoms with van der Waals surface area (Å²) < 4.78 is 16.4. The summed E-state index contributed by atoms with van der Waals surface area (Å²) in [5, 5.41) is 6.78. The van der Waals surface area contributed by atoms with Gasteiger partial charge < -0.3 is 24.8 Å². The normalized spacial score (nSPS) is 17.5. The molecular weight excluding hydrogens is 356 g/mol. The van der Waals surface area contributed by atoms with E-state index >= 15 is 0 Å². The number of methoxy groups -OCH3 is 3. The van der Waals surface area contributed by atoms with Crippen molar-refractivity contribution >= 4 is 5.96 Å². The molecule has 1 fully saturated rings. The zero-order valence-electron chi connectivity index (χ0n) is 18.0. The van der Waals surface area contributed by atoms with E-state index in [1.807, 2.05) is 12.1 Å². The first-order valence-corrected chi connectivity index (χ1v) is 10.2. The summed E-state index contributed by atoms with van der Waals surface area (Å²) in [5.74, 6) is 2.88. The summed E-state index contributed by atoms with van der Waals surface area (Å²) in [6.07, 6.45) is 3.30. The van der Waals surface area contributed by atoms with E-state index in [0.29, 0.717) is 17.5 Å². The molecule has 0 aromatic heterocycles. The number of benzene rings is 1. The fraction of sp³-hybridized carbons (Fsp3) is 0.667. The van der Waals surface area contributed by atoms with Crippen LogP contribution >= 0.6 is 0 Å². The molecule has 7 heteroatoms. The number of ether oxygens (including phenoxy) is 3. The van der Waals surface area contributed by atoms with E-state index in [1.165, 1.54) is 19.4 Å². The molecular formula is C21H36N4O3. The maximum atomic E-state index is 5.57. The number of nitrogens with one attached hydrogen (secondary N) is 2. The van der Waals surface area contributed by atoms with Crippen molar-refractivity contribution in [1.29, 1.82) is 0 Å². The summed E-state index contributed by atoms with van der Waals surface area (Å²) in [6, 6.07) is 4.49. The molecule has 28 heavy (non-hydrogen) atoms. The van der Waals surface area contributed by atoms with Crippen molar-refractivity contribution in [2.24, 2.45) is 4.99 Å². The molecule has 1 heterocycles. The molecule has 0 radical (unpaired) electrons. The number of likely N-dealkylation sites (tertiary alicyclic amines) is 1. The van der Waals surface area contributed by atoms with Crippen LogP contribution in [0.15, 0.2) is 17.1 Å². The van der Waals surface area contributed by atoms with Crippen molar-refractivity contribution in [3.05, 3.63) is 17.7 Å². The molecule has 1 unspecified atom stereocenters. The SMILES string of the molecule is CCNC(=NCC1CCCN1CC)NCCc1ccc(OC)c(OC)c1OC. The third kappa shape index (κ3) is 5.67. The Morgan fingerprint density at radius 3 is 2.54 bits per heavy atom. The van der Waals surface area contributed by atoms with Crippen LogP contribution in [0, 0.1) is 0 Å². The minimum atomic E-state index is 0.561. The standard InChI is InChI=1S/C21H36N4O3/c1-6-22-21(24-15-17-9-8-14-25(17)7-2)23-13-12-16-10-11-18(26-3)20(28-5)19(16)27-4/h10-11,17H,6-9,12-15H2,1-5H3,(H2,22,23,24). The Balaban J connectivity index is 1.98. The number of likely N-dealkylation sites (N-methyl/N-ethyl adjacent to an activating group) is 1. The molecule has 1 aliphatic rings. The van der Waals surface area contributed by atoms with Gasteiger partial charge in [0.1, 0.15) is 0 Å². The monoisotopic (exact) mass is 392 g/mol. The summed E-state index contributed by atoms with van der Waals surface area (Å²) in [7, 11) is 4.91. The Hall–Kier alpha value is -2.15. The largest absolute Gasteiger partial charge is 0.493 e. The molecule has 0 bridgehead atoms. The van der Waals surface area contributed by atoms with Crippen molar-refractivity contribution in [1.82, 2.24) is 15.5 Å². The second kappa shape index (κ2) is 11.6. The van der Waals surface area contributed by atoms with Crippen LogP contribution in [0.1, 0.15) is 32.3 Å². The summed E-state index contributed by atoms with van der Waals surface area (Å²) in [4.78, 5) is 7.32. The maximum Gasteiger partial charge on any atom is 0.203 e. The van der Waals surface area contributed by atoms with Crippen LogP contribution in [0.3, 0.4) is 0 Å². The lowest BCUT2D eigenvalue weighted by atomic mass is 10.1. The lowest BCUT2D eigenvalue weighted by molar-refractivity contribution is 0.273. The zero-order chi connectivity index (χ0) is 20.4. The molecule has 158 valence electrons. The van der Waals surface area contributed by atoms with E-state index in [1.54, 1.807) is 21.3 Å². The van der Waals surface area contributed by atoms with Crippen molar-refractivity contribution in [3.8, 4) is 17.2 Å². The Morgan fingerprint density at radius 2 is 1.89 bits per heavy atom.